The number of nitrogens with zero attached hydrogens (tertiary/aromatic N) is 1. The van der Waals surface area contributed by atoms with Crippen LogP contribution < -0.4 is 11.2 Å². The van der Waals surface area contributed by atoms with E-state index in [2.05, 4.69) is 4.98 Å². The van der Waals surface area contributed by atoms with Crippen molar-refractivity contribution < 1.29 is 8.78 Å². The molecule has 4 nitrogen and oxygen atoms in total. The van der Waals surface area contributed by atoms with E-state index in [0.717, 1.165) is 6.20 Å². The number of H-pyrrole nitrogens is 1. The zero-order valence-electron chi connectivity index (χ0n) is 7.05. The number of aromatic amines is 1. The lowest BCUT2D eigenvalue weighted by atomic mass is 10.1. The molecule has 1 heterocycles. The summed E-state index contributed by atoms with van der Waals surface area (Å²) in [6, 6.07) is 1.64. The highest BCUT2D eigenvalue weighted by Gasteiger charge is 2.17. The van der Waals surface area contributed by atoms with Gasteiger partial charge in [0.1, 0.15) is 0 Å². The molecule has 0 saturated carbocycles. The zero-order chi connectivity index (χ0) is 10.7. The van der Waals surface area contributed by atoms with Crippen LogP contribution in [0.25, 0.3) is 0 Å². The first-order valence-corrected chi connectivity index (χ1v) is 3.73. The Bertz CT molecular complexity index is 433. The van der Waals surface area contributed by atoms with E-state index in [9.17, 15) is 13.6 Å². The minimum Gasteiger partial charge on any atom is -0.394 e. The molecule has 6 heteroatoms. The van der Waals surface area contributed by atoms with Crippen LogP contribution in [-0.4, -0.2) is 4.98 Å². The van der Waals surface area contributed by atoms with Crippen LogP contribution in [0.5, 0.6) is 0 Å². The van der Waals surface area contributed by atoms with Crippen molar-refractivity contribution in [1.82, 2.24) is 4.98 Å². The van der Waals surface area contributed by atoms with Gasteiger partial charge in [-0.15, -0.1) is 0 Å². The number of nitriles is 1. The van der Waals surface area contributed by atoms with E-state index in [4.69, 9.17) is 11.0 Å². The molecule has 1 aromatic rings. The summed E-state index contributed by atoms with van der Waals surface area (Å²) >= 11 is 0. The molecule has 0 aromatic carbocycles. The Labute approximate surface area is 78.0 Å². The van der Waals surface area contributed by atoms with Gasteiger partial charge in [-0.2, -0.15) is 5.26 Å². The van der Waals surface area contributed by atoms with Crippen LogP contribution in [-0.2, 0) is 6.42 Å². The van der Waals surface area contributed by atoms with Crippen LogP contribution >= 0.6 is 0 Å². The van der Waals surface area contributed by atoms with E-state index in [0.29, 0.717) is 0 Å². The average Bonchev–Trinajstić information content (AvgIpc) is 2.13. The van der Waals surface area contributed by atoms with Crippen LogP contribution in [0.2, 0.25) is 0 Å². The Morgan fingerprint density at radius 2 is 2.29 bits per heavy atom. The van der Waals surface area contributed by atoms with Crippen LogP contribution in [0.3, 0.4) is 0 Å². The lowest BCUT2D eigenvalue weighted by Crippen LogP contribution is -2.17. The van der Waals surface area contributed by atoms with E-state index < -0.39 is 17.5 Å². The number of nitrogens with two attached hydrogens (primary N) is 1. The highest BCUT2D eigenvalue weighted by molar-refractivity contribution is 5.41. The minimum atomic E-state index is -2.81. The molecule has 0 fully saturated rings. The Hall–Kier alpha value is -1.90. The Kier molecular flexibility index (Phi) is 2.82. The molecular weight excluding hydrogens is 192 g/mol. The van der Waals surface area contributed by atoms with Crippen molar-refractivity contribution in [3.05, 3.63) is 27.7 Å². The van der Waals surface area contributed by atoms with Gasteiger partial charge in [0, 0.05) is 11.8 Å². The molecule has 0 aliphatic rings. The Balaban J connectivity index is 3.39. The number of rotatable bonds is 2. The fourth-order valence-electron chi connectivity index (χ4n) is 1.05. The van der Waals surface area contributed by atoms with Gasteiger partial charge in [-0.05, 0) is 0 Å². The molecule has 14 heavy (non-hydrogen) atoms. The first kappa shape index (κ1) is 10.2. The molecule has 0 amide bonds. The molecular formula is C8H7F2N3O. The summed E-state index contributed by atoms with van der Waals surface area (Å²) in [6.07, 6.45) is -2.18. The van der Waals surface area contributed by atoms with Crippen molar-refractivity contribution in [2.75, 3.05) is 5.73 Å². The van der Waals surface area contributed by atoms with Crippen molar-refractivity contribution in [2.24, 2.45) is 0 Å². The second-order valence-electron chi connectivity index (χ2n) is 2.60. The van der Waals surface area contributed by atoms with Crippen LogP contribution in [0.4, 0.5) is 14.5 Å². The van der Waals surface area contributed by atoms with Crippen LogP contribution in [0, 0.1) is 11.3 Å². The normalized spacial score (nSPS) is 10.1. The molecule has 0 aliphatic carbocycles. The molecule has 74 valence electrons. The summed E-state index contributed by atoms with van der Waals surface area (Å²) in [4.78, 5) is 13.5. The molecule has 0 saturated heterocycles. The topological polar surface area (TPSA) is 82.7 Å². The number of aromatic nitrogens is 1. The predicted octanol–water partition coefficient (Wildman–Crippen LogP) is 0.961. The van der Waals surface area contributed by atoms with E-state index in [1.165, 1.54) is 0 Å². The van der Waals surface area contributed by atoms with E-state index in [1.807, 2.05) is 0 Å². The quantitative estimate of drug-likeness (QED) is 0.744. The SMILES string of the molecule is N#CCc1c(C(F)F)[nH]cc(N)c1=O. The highest BCUT2D eigenvalue weighted by Crippen LogP contribution is 2.19. The summed E-state index contributed by atoms with van der Waals surface area (Å²) in [5, 5.41) is 8.35. The number of alkyl halides is 2. The van der Waals surface area contributed by atoms with Gasteiger partial charge in [0.05, 0.1) is 23.9 Å². The van der Waals surface area contributed by atoms with Gasteiger partial charge in [0.2, 0.25) is 5.43 Å². The molecule has 0 aliphatic heterocycles. The van der Waals surface area contributed by atoms with Gasteiger partial charge < -0.3 is 10.7 Å². The van der Waals surface area contributed by atoms with Gasteiger partial charge in [-0.3, -0.25) is 4.79 Å². The average molecular weight is 199 g/mol. The fourth-order valence-corrected chi connectivity index (χ4v) is 1.05. The second kappa shape index (κ2) is 3.87. The number of nitrogens with one attached hydrogen (secondary N) is 1. The van der Waals surface area contributed by atoms with Crippen LogP contribution in [0.1, 0.15) is 17.7 Å². The molecule has 0 atom stereocenters. The number of hydrogen-bond donors (Lipinski definition) is 2. The van der Waals surface area contributed by atoms with E-state index in [-0.39, 0.29) is 17.7 Å². The summed E-state index contributed by atoms with van der Waals surface area (Å²) in [6.45, 7) is 0. The van der Waals surface area contributed by atoms with Gasteiger partial charge in [0.15, 0.2) is 0 Å². The van der Waals surface area contributed by atoms with Crippen molar-refractivity contribution in [1.29, 1.82) is 5.26 Å². The summed E-state index contributed by atoms with van der Waals surface area (Å²) in [7, 11) is 0. The lowest BCUT2D eigenvalue weighted by molar-refractivity contribution is 0.145. The summed E-state index contributed by atoms with van der Waals surface area (Å²) in [5.41, 5.74) is 3.55. The smallest absolute Gasteiger partial charge is 0.278 e. The summed E-state index contributed by atoms with van der Waals surface area (Å²) < 4.78 is 24.7. The third-order valence-electron chi connectivity index (χ3n) is 1.72. The third-order valence-corrected chi connectivity index (χ3v) is 1.72. The number of nitrogen functional groups attached to an aromatic ring is 1. The number of hydrogen-bond acceptors (Lipinski definition) is 3. The zero-order valence-corrected chi connectivity index (χ0v) is 7.05. The van der Waals surface area contributed by atoms with Crippen molar-refractivity contribution >= 4 is 5.69 Å². The van der Waals surface area contributed by atoms with Crippen LogP contribution in [0.15, 0.2) is 11.0 Å². The third kappa shape index (κ3) is 1.71. The summed E-state index contributed by atoms with van der Waals surface area (Å²) in [5.74, 6) is 0. The first-order valence-electron chi connectivity index (χ1n) is 3.73. The molecule has 1 rings (SSSR count). The largest absolute Gasteiger partial charge is 0.394 e. The van der Waals surface area contributed by atoms with E-state index in [1.54, 1.807) is 6.07 Å². The lowest BCUT2D eigenvalue weighted by Gasteiger charge is -2.05. The first-order chi connectivity index (χ1) is 6.57. The highest BCUT2D eigenvalue weighted by atomic mass is 19.3. The molecule has 0 radical (unpaired) electrons. The Morgan fingerprint density at radius 1 is 1.64 bits per heavy atom. The number of halogens is 2. The molecule has 1 aromatic heterocycles. The fraction of sp³-hybridized carbons (Fsp3) is 0.250. The van der Waals surface area contributed by atoms with Gasteiger partial charge in [-0.1, -0.05) is 0 Å². The van der Waals surface area contributed by atoms with Crippen molar-refractivity contribution in [3.63, 3.8) is 0 Å². The standard InChI is InChI=1S/C8H7F2N3O/c9-8(10)6-4(1-2-11)7(14)5(12)3-13-6/h3,8H,1,12H2,(H,13,14). The molecule has 0 bridgehead atoms. The molecule has 0 unspecified atom stereocenters. The minimum absolute atomic E-state index is 0.167. The van der Waals surface area contributed by atoms with Gasteiger partial charge in [0.25, 0.3) is 6.43 Å². The second-order valence-corrected chi connectivity index (χ2v) is 2.60. The maximum atomic E-state index is 12.3. The van der Waals surface area contributed by atoms with Crippen molar-refractivity contribution in [2.45, 2.75) is 12.8 Å². The maximum absolute atomic E-state index is 12.3. The monoisotopic (exact) mass is 199 g/mol. The number of anilines is 1. The molecule has 3 N–H and O–H groups in total. The maximum Gasteiger partial charge on any atom is 0.278 e. The number of pyridine rings is 1. The Morgan fingerprint density at radius 3 is 2.79 bits per heavy atom. The van der Waals surface area contributed by atoms with Gasteiger partial charge in [-0.25, -0.2) is 8.78 Å². The predicted molar refractivity (Wildman–Crippen MR) is 45.7 cm³/mol. The van der Waals surface area contributed by atoms with Crippen molar-refractivity contribution in [3.8, 4) is 6.07 Å². The van der Waals surface area contributed by atoms with Gasteiger partial charge >= 0.3 is 0 Å². The van der Waals surface area contributed by atoms with E-state index >= 15 is 0 Å². The molecule has 0 spiro atoms.